The first-order valence-electron chi connectivity index (χ1n) is 7.06. The van der Waals surface area contributed by atoms with E-state index in [1.807, 2.05) is 47.2 Å². The van der Waals surface area contributed by atoms with Gasteiger partial charge in [-0.2, -0.15) is 0 Å². The van der Waals surface area contributed by atoms with Crippen molar-refractivity contribution in [2.45, 2.75) is 19.8 Å². The van der Waals surface area contributed by atoms with Crippen LogP contribution < -0.4 is 5.32 Å². The maximum absolute atomic E-state index is 12.4. The van der Waals surface area contributed by atoms with Gasteiger partial charge >= 0.3 is 0 Å². The fourth-order valence-corrected chi connectivity index (χ4v) is 1.97. The zero-order valence-electron chi connectivity index (χ0n) is 13.2. The first-order valence-corrected chi connectivity index (χ1v) is 7.06. The number of hydrogen-bond donors (Lipinski definition) is 1. The Labute approximate surface area is 122 Å². The molecule has 5 nitrogen and oxygen atoms in total. The summed E-state index contributed by atoms with van der Waals surface area (Å²) in [7, 11) is 7.74. The Kier molecular flexibility index (Phi) is 6.45. The Balaban J connectivity index is 2.75. The molecule has 0 fully saturated rings. The molecule has 1 aromatic heterocycles. The van der Waals surface area contributed by atoms with Crippen LogP contribution in [0.2, 0.25) is 0 Å². The van der Waals surface area contributed by atoms with E-state index >= 15 is 0 Å². The molecule has 0 aliphatic rings. The van der Waals surface area contributed by atoms with Crippen molar-refractivity contribution in [3.8, 4) is 0 Å². The molecular formula is C15H26N4O. The summed E-state index contributed by atoms with van der Waals surface area (Å²) in [5, 5.41) is 3.01. The van der Waals surface area contributed by atoms with E-state index < -0.39 is 0 Å². The molecule has 0 atom stereocenters. The van der Waals surface area contributed by atoms with E-state index in [1.54, 1.807) is 4.90 Å². The minimum atomic E-state index is 0.0531. The van der Waals surface area contributed by atoms with Gasteiger partial charge in [-0.25, -0.2) is 4.98 Å². The molecule has 0 saturated heterocycles. The number of amides is 1. The molecule has 1 amide bonds. The quantitative estimate of drug-likeness (QED) is 0.825. The lowest BCUT2D eigenvalue weighted by Gasteiger charge is -2.19. The minimum Gasteiger partial charge on any atom is -0.373 e. The number of rotatable bonds is 7. The van der Waals surface area contributed by atoms with E-state index in [4.69, 9.17) is 0 Å². The third-order valence-electron chi connectivity index (χ3n) is 3.19. The van der Waals surface area contributed by atoms with Crippen LogP contribution in [0.1, 0.15) is 29.4 Å². The van der Waals surface area contributed by atoms with Gasteiger partial charge < -0.3 is 15.1 Å². The van der Waals surface area contributed by atoms with Gasteiger partial charge in [-0.05, 0) is 45.6 Å². The largest absolute Gasteiger partial charge is 0.373 e. The second-order valence-electron chi connectivity index (χ2n) is 5.22. The highest BCUT2D eigenvalue weighted by atomic mass is 16.2. The number of anilines is 1. The van der Waals surface area contributed by atoms with Crippen LogP contribution >= 0.6 is 0 Å². The molecule has 20 heavy (non-hydrogen) atoms. The summed E-state index contributed by atoms with van der Waals surface area (Å²) in [5.74, 6) is 0.798. The first-order chi connectivity index (χ1) is 9.47. The van der Waals surface area contributed by atoms with Crippen LogP contribution in [0.4, 0.5) is 5.82 Å². The van der Waals surface area contributed by atoms with Crippen LogP contribution in [-0.2, 0) is 6.42 Å². The van der Waals surface area contributed by atoms with E-state index in [-0.39, 0.29) is 5.91 Å². The van der Waals surface area contributed by atoms with Crippen molar-refractivity contribution < 1.29 is 4.79 Å². The molecule has 0 aliphatic heterocycles. The average Bonchev–Trinajstić information content (AvgIpc) is 2.45. The number of aromatic nitrogens is 1. The fourth-order valence-electron chi connectivity index (χ4n) is 1.97. The molecule has 5 heteroatoms. The van der Waals surface area contributed by atoms with Crippen molar-refractivity contribution in [3.05, 3.63) is 23.4 Å². The molecular weight excluding hydrogens is 252 g/mol. The number of nitrogens with one attached hydrogen (secondary N) is 1. The summed E-state index contributed by atoms with van der Waals surface area (Å²) in [4.78, 5) is 20.7. The zero-order chi connectivity index (χ0) is 15.1. The Hall–Kier alpha value is -1.62. The van der Waals surface area contributed by atoms with Gasteiger partial charge in [-0.1, -0.05) is 6.92 Å². The molecule has 0 unspecified atom stereocenters. The minimum absolute atomic E-state index is 0.0531. The Morgan fingerprint density at radius 2 is 1.95 bits per heavy atom. The van der Waals surface area contributed by atoms with E-state index in [1.165, 1.54) is 0 Å². The Morgan fingerprint density at radius 3 is 2.50 bits per heavy atom. The normalized spacial score (nSPS) is 10.7. The van der Waals surface area contributed by atoms with Gasteiger partial charge in [-0.15, -0.1) is 0 Å². The van der Waals surface area contributed by atoms with Gasteiger partial charge in [-0.3, -0.25) is 4.79 Å². The van der Waals surface area contributed by atoms with E-state index in [9.17, 15) is 4.79 Å². The summed E-state index contributed by atoms with van der Waals surface area (Å²) in [5.41, 5.74) is 1.63. The number of aryl methyl sites for hydroxylation is 1. The molecule has 0 aliphatic carbocycles. The summed E-state index contributed by atoms with van der Waals surface area (Å²) in [6.07, 6.45) is 1.79. The highest BCUT2D eigenvalue weighted by Crippen LogP contribution is 2.13. The van der Waals surface area contributed by atoms with Crippen molar-refractivity contribution >= 4 is 11.7 Å². The molecule has 1 heterocycles. The van der Waals surface area contributed by atoms with E-state index in [2.05, 4.69) is 15.2 Å². The van der Waals surface area contributed by atoms with Gasteiger partial charge in [0, 0.05) is 31.9 Å². The Bertz CT molecular complexity index is 423. The van der Waals surface area contributed by atoms with Gasteiger partial charge in [0.25, 0.3) is 5.91 Å². The molecule has 112 valence electrons. The lowest BCUT2D eigenvalue weighted by Crippen LogP contribution is -2.30. The number of carbonyl (C=O) groups excluding carboxylic acids is 1. The van der Waals surface area contributed by atoms with Crippen molar-refractivity contribution in [2.75, 3.05) is 46.6 Å². The molecule has 0 radical (unpaired) electrons. The Morgan fingerprint density at radius 1 is 1.25 bits per heavy atom. The monoisotopic (exact) mass is 278 g/mol. The van der Waals surface area contributed by atoms with Gasteiger partial charge in [0.05, 0.1) is 0 Å². The summed E-state index contributed by atoms with van der Waals surface area (Å²) in [6, 6.07) is 3.69. The summed E-state index contributed by atoms with van der Waals surface area (Å²) < 4.78 is 0. The van der Waals surface area contributed by atoms with Crippen molar-refractivity contribution in [1.82, 2.24) is 14.8 Å². The molecule has 1 aromatic rings. The molecule has 1 N–H and O–H groups in total. The maximum atomic E-state index is 12.4. The first kappa shape index (κ1) is 16.4. The van der Waals surface area contributed by atoms with Gasteiger partial charge in [0.1, 0.15) is 5.82 Å². The van der Waals surface area contributed by atoms with Crippen LogP contribution in [0.15, 0.2) is 12.1 Å². The second kappa shape index (κ2) is 7.85. The number of nitrogens with zero attached hydrogens (tertiary/aromatic N) is 3. The predicted molar refractivity (Wildman–Crippen MR) is 83.3 cm³/mol. The van der Waals surface area contributed by atoms with Crippen molar-refractivity contribution in [1.29, 1.82) is 0 Å². The van der Waals surface area contributed by atoms with E-state index in [0.29, 0.717) is 5.56 Å². The topological polar surface area (TPSA) is 48.5 Å². The zero-order valence-corrected chi connectivity index (χ0v) is 13.2. The molecule has 0 aromatic carbocycles. The van der Waals surface area contributed by atoms with E-state index in [0.717, 1.165) is 37.4 Å². The lowest BCUT2D eigenvalue weighted by atomic mass is 10.1. The van der Waals surface area contributed by atoms with Gasteiger partial charge in [0.15, 0.2) is 0 Å². The summed E-state index contributed by atoms with van der Waals surface area (Å²) in [6.45, 7) is 3.78. The van der Waals surface area contributed by atoms with Crippen molar-refractivity contribution in [2.24, 2.45) is 0 Å². The summed E-state index contributed by atoms with van der Waals surface area (Å²) >= 11 is 0. The SMILES string of the molecule is CCc1cc(C(=O)N(C)CCCN(C)C)cc(NC)n1. The maximum Gasteiger partial charge on any atom is 0.253 e. The second-order valence-corrected chi connectivity index (χ2v) is 5.22. The van der Waals surface area contributed by atoms with Crippen molar-refractivity contribution in [3.63, 3.8) is 0 Å². The van der Waals surface area contributed by atoms with Crippen LogP contribution in [0.3, 0.4) is 0 Å². The van der Waals surface area contributed by atoms with Crippen LogP contribution in [0.25, 0.3) is 0 Å². The number of hydrogen-bond acceptors (Lipinski definition) is 4. The van der Waals surface area contributed by atoms with Crippen LogP contribution in [0.5, 0.6) is 0 Å². The molecule has 0 spiro atoms. The standard InChI is InChI=1S/C15H26N4O/c1-6-13-10-12(11-14(16-2)17-13)15(20)19(5)9-7-8-18(3)4/h10-11H,6-9H2,1-5H3,(H,16,17). The molecule has 0 bridgehead atoms. The molecule has 1 rings (SSSR count). The highest BCUT2D eigenvalue weighted by Gasteiger charge is 2.13. The smallest absolute Gasteiger partial charge is 0.253 e. The number of carbonyl (C=O) groups is 1. The number of pyridine rings is 1. The van der Waals surface area contributed by atoms with Crippen LogP contribution in [0, 0.1) is 0 Å². The average molecular weight is 278 g/mol. The highest BCUT2D eigenvalue weighted by molar-refractivity contribution is 5.94. The third-order valence-corrected chi connectivity index (χ3v) is 3.19. The lowest BCUT2D eigenvalue weighted by molar-refractivity contribution is 0.0790. The fraction of sp³-hybridized carbons (Fsp3) is 0.600. The predicted octanol–water partition coefficient (Wildman–Crippen LogP) is 1.71. The molecule has 0 saturated carbocycles. The van der Waals surface area contributed by atoms with Crippen LogP contribution in [-0.4, -0.2) is 62.0 Å². The third kappa shape index (κ3) is 4.81. The van der Waals surface area contributed by atoms with Gasteiger partial charge in [0.2, 0.25) is 0 Å².